The molecule has 0 fully saturated rings. The molecular weight excluding hydrogens is 482 g/mol. The van der Waals surface area contributed by atoms with Crippen LogP contribution in [0, 0.1) is 0 Å². The highest BCUT2D eigenvalue weighted by Gasteiger charge is 2.17. The van der Waals surface area contributed by atoms with E-state index in [0.717, 1.165) is 22.0 Å². The van der Waals surface area contributed by atoms with Crippen molar-refractivity contribution in [1.29, 1.82) is 0 Å². The predicted molar refractivity (Wildman–Crippen MR) is 145 cm³/mol. The van der Waals surface area contributed by atoms with Crippen LogP contribution in [0.5, 0.6) is 0 Å². The molecule has 0 bridgehead atoms. The maximum absolute atomic E-state index is 12.5. The molecule has 182 valence electrons. The molecule has 0 unspecified atom stereocenters. The van der Waals surface area contributed by atoms with Crippen LogP contribution >= 0.6 is 11.3 Å². The van der Waals surface area contributed by atoms with Gasteiger partial charge >= 0.3 is 0 Å². The molecule has 3 aromatic carbocycles. The normalized spacial score (nSPS) is 11.1. The number of hydrogen-bond donors (Lipinski definition) is 3. The molecule has 35 heavy (non-hydrogen) atoms. The van der Waals surface area contributed by atoms with Crippen LogP contribution in [-0.4, -0.2) is 46.5 Å². The van der Waals surface area contributed by atoms with E-state index in [-0.39, 0.29) is 12.5 Å². The molecule has 0 saturated heterocycles. The van der Waals surface area contributed by atoms with E-state index >= 15 is 0 Å². The summed E-state index contributed by atoms with van der Waals surface area (Å²) in [6.45, 7) is 2.85. The van der Waals surface area contributed by atoms with E-state index in [9.17, 15) is 13.2 Å². The van der Waals surface area contributed by atoms with Gasteiger partial charge in [-0.15, -0.1) is 11.3 Å². The van der Waals surface area contributed by atoms with Crippen molar-refractivity contribution in [1.82, 2.24) is 10.3 Å². The van der Waals surface area contributed by atoms with E-state index in [1.807, 2.05) is 67.7 Å². The number of nitrogens with one attached hydrogen (secondary N) is 2. The van der Waals surface area contributed by atoms with Gasteiger partial charge in [0.15, 0.2) is 5.13 Å². The molecule has 0 aliphatic rings. The standard InChI is InChI=1S/C25H27N5O3S2/c1-4-26-15-24(31)28-25-27-21(16-34-25)17-8-5-9-18(14-17)30(35(32)33)23-13-7-10-19-20(23)11-6-12-22(19)29(2)3/h5-14,16,26,35H,4,15H2,1-3H3,(H,27,28,31). The van der Waals surface area contributed by atoms with Crippen LogP contribution in [0.25, 0.3) is 22.0 Å². The van der Waals surface area contributed by atoms with Crippen LogP contribution < -0.4 is 19.8 Å². The molecule has 1 aromatic heterocycles. The summed E-state index contributed by atoms with van der Waals surface area (Å²) in [5.41, 5.74) is 3.50. The van der Waals surface area contributed by atoms with Crippen LogP contribution in [0.2, 0.25) is 0 Å². The van der Waals surface area contributed by atoms with Crippen LogP contribution in [0.3, 0.4) is 0 Å². The lowest BCUT2D eigenvalue weighted by Crippen LogP contribution is -2.27. The van der Waals surface area contributed by atoms with Gasteiger partial charge in [0.05, 0.1) is 23.6 Å². The molecule has 1 heterocycles. The molecule has 0 spiro atoms. The maximum Gasteiger partial charge on any atom is 0.240 e. The average Bonchev–Trinajstić information content (AvgIpc) is 3.31. The van der Waals surface area contributed by atoms with Crippen molar-refractivity contribution < 1.29 is 13.2 Å². The lowest BCUT2D eigenvalue weighted by molar-refractivity contribution is -0.115. The van der Waals surface area contributed by atoms with Crippen LogP contribution in [0.15, 0.2) is 66.0 Å². The monoisotopic (exact) mass is 509 g/mol. The molecule has 0 aliphatic heterocycles. The number of amides is 1. The third-order valence-corrected chi connectivity index (χ3v) is 6.95. The number of hydrogen-bond acceptors (Lipinski definition) is 7. The zero-order valence-corrected chi connectivity index (χ0v) is 21.4. The highest BCUT2D eigenvalue weighted by Crippen LogP contribution is 2.37. The zero-order chi connectivity index (χ0) is 24.9. The summed E-state index contributed by atoms with van der Waals surface area (Å²) in [7, 11) is 0.949. The van der Waals surface area contributed by atoms with Crippen molar-refractivity contribution in [2.45, 2.75) is 6.92 Å². The number of aromatic nitrogens is 1. The summed E-state index contributed by atoms with van der Waals surface area (Å²) in [4.78, 5) is 18.5. The van der Waals surface area contributed by atoms with Gasteiger partial charge in [0.1, 0.15) is 0 Å². The SMILES string of the molecule is CCNCC(=O)Nc1nc(-c2cccc(N(c3cccc4c(N(C)C)cccc34)[SH](=O)=O)c2)cs1. The number of carbonyl (C=O) groups is 1. The highest BCUT2D eigenvalue weighted by atomic mass is 32.2. The summed E-state index contributed by atoms with van der Waals surface area (Å²) >= 11 is 1.32. The second-order valence-electron chi connectivity index (χ2n) is 8.01. The fourth-order valence-corrected chi connectivity index (χ4v) is 5.23. The largest absolute Gasteiger partial charge is 0.377 e. The molecule has 1 amide bonds. The van der Waals surface area contributed by atoms with Gasteiger partial charge < -0.3 is 15.5 Å². The summed E-state index contributed by atoms with van der Waals surface area (Å²) in [6, 6.07) is 18.7. The van der Waals surface area contributed by atoms with Crippen LogP contribution in [0.1, 0.15) is 6.92 Å². The van der Waals surface area contributed by atoms with Crippen molar-refractivity contribution >= 4 is 61.1 Å². The molecule has 0 saturated carbocycles. The number of fused-ring (bicyclic) bond motifs is 1. The number of rotatable bonds is 9. The Bertz CT molecular complexity index is 1420. The van der Waals surface area contributed by atoms with Crippen molar-refractivity contribution in [2.75, 3.05) is 41.7 Å². The third kappa shape index (κ3) is 5.45. The number of thiol groups is 1. The minimum Gasteiger partial charge on any atom is -0.377 e. The van der Waals surface area contributed by atoms with Crippen LogP contribution in [0.4, 0.5) is 22.2 Å². The Kier molecular flexibility index (Phi) is 7.64. The first-order valence-corrected chi connectivity index (χ1v) is 13.1. The number of nitrogens with zero attached hydrogens (tertiary/aromatic N) is 3. The number of thiazole rings is 1. The van der Waals surface area contributed by atoms with Gasteiger partial charge in [-0.1, -0.05) is 43.3 Å². The number of benzene rings is 3. The lowest BCUT2D eigenvalue weighted by atomic mass is 10.1. The van der Waals surface area contributed by atoms with Gasteiger partial charge in [-0.05, 0) is 30.8 Å². The smallest absolute Gasteiger partial charge is 0.240 e. The first-order chi connectivity index (χ1) is 16.9. The molecule has 0 atom stereocenters. The Labute approximate surface area is 210 Å². The minimum atomic E-state index is -2.97. The van der Waals surface area contributed by atoms with Crippen LogP contribution in [-0.2, 0) is 15.7 Å². The van der Waals surface area contributed by atoms with E-state index in [0.29, 0.717) is 28.7 Å². The van der Waals surface area contributed by atoms with Crippen molar-refractivity contribution in [2.24, 2.45) is 0 Å². The van der Waals surface area contributed by atoms with Gasteiger partial charge in [-0.2, -0.15) is 0 Å². The highest BCUT2D eigenvalue weighted by molar-refractivity contribution is 7.74. The summed E-state index contributed by atoms with van der Waals surface area (Å²) < 4.78 is 26.3. The Balaban J connectivity index is 1.70. The molecule has 4 rings (SSSR count). The molecule has 10 heteroatoms. The fraction of sp³-hybridized carbons (Fsp3) is 0.200. The van der Waals surface area contributed by atoms with Crippen molar-refractivity contribution in [3.63, 3.8) is 0 Å². The Hall–Kier alpha value is -3.47. The second kappa shape index (κ2) is 10.9. The molecule has 8 nitrogen and oxygen atoms in total. The Morgan fingerprint density at radius 2 is 1.69 bits per heavy atom. The Morgan fingerprint density at radius 1 is 1.00 bits per heavy atom. The molecular formula is C25H27N5O3S2. The number of carbonyl (C=O) groups excluding carboxylic acids is 1. The molecule has 4 aromatic rings. The van der Waals surface area contributed by atoms with E-state index in [1.54, 1.807) is 24.3 Å². The summed E-state index contributed by atoms with van der Waals surface area (Å²) in [5, 5.41) is 9.88. The average molecular weight is 510 g/mol. The lowest BCUT2D eigenvalue weighted by Gasteiger charge is -2.22. The van der Waals surface area contributed by atoms with E-state index in [1.165, 1.54) is 15.6 Å². The van der Waals surface area contributed by atoms with E-state index in [4.69, 9.17) is 0 Å². The summed E-state index contributed by atoms with van der Waals surface area (Å²) in [6.07, 6.45) is 0. The number of likely N-dealkylation sites (N-methyl/N-ethyl adjacent to an activating group) is 1. The molecule has 0 radical (unpaired) electrons. The molecule has 2 N–H and O–H groups in total. The van der Waals surface area contributed by atoms with Gasteiger partial charge in [0.2, 0.25) is 16.8 Å². The fourth-order valence-electron chi connectivity index (χ4n) is 3.84. The number of anilines is 4. The predicted octanol–water partition coefficient (Wildman–Crippen LogP) is 4.24. The van der Waals surface area contributed by atoms with E-state index in [2.05, 4.69) is 15.6 Å². The zero-order valence-electron chi connectivity index (χ0n) is 19.7. The first kappa shape index (κ1) is 24.6. The minimum absolute atomic E-state index is 0.163. The van der Waals surface area contributed by atoms with Gasteiger partial charge in [0.25, 0.3) is 0 Å². The van der Waals surface area contributed by atoms with Crippen molar-refractivity contribution in [3.05, 3.63) is 66.0 Å². The first-order valence-electron chi connectivity index (χ1n) is 11.1. The Morgan fingerprint density at radius 3 is 2.37 bits per heavy atom. The molecule has 0 aliphatic carbocycles. The topological polar surface area (TPSA) is 94.6 Å². The van der Waals surface area contributed by atoms with E-state index < -0.39 is 10.9 Å². The summed E-state index contributed by atoms with van der Waals surface area (Å²) in [5.74, 6) is -0.163. The quantitative estimate of drug-likeness (QED) is 0.292. The van der Waals surface area contributed by atoms with Gasteiger partial charge in [-0.25, -0.2) is 17.7 Å². The van der Waals surface area contributed by atoms with Gasteiger partial charge in [0, 0.05) is 41.5 Å². The maximum atomic E-state index is 12.5. The third-order valence-electron chi connectivity index (χ3n) is 5.42. The van der Waals surface area contributed by atoms with Gasteiger partial charge in [-0.3, -0.25) is 4.79 Å². The second-order valence-corrected chi connectivity index (χ2v) is 9.74. The van der Waals surface area contributed by atoms with Crippen molar-refractivity contribution in [3.8, 4) is 11.3 Å².